The van der Waals surface area contributed by atoms with Crippen LogP contribution >= 0.6 is 0 Å². The van der Waals surface area contributed by atoms with Crippen LogP contribution in [0.1, 0.15) is 38.7 Å². The molecule has 2 heteroatoms. The van der Waals surface area contributed by atoms with Crippen LogP contribution in [0.15, 0.2) is 24.3 Å². The lowest BCUT2D eigenvalue weighted by Crippen LogP contribution is -2.28. The maximum absolute atomic E-state index is 9.42. The molecule has 0 amide bonds. The Morgan fingerprint density at radius 3 is 2.56 bits per heavy atom. The van der Waals surface area contributed by atoms with E-state index < -0.39 is 0 Å². The van der Waals surface area contributed by atoms with Gasteiger partial charge in [-0.15, -0.1) is 0 Å². The molecule has 2 nitrogen and oxygen atoms in total. The van der Waals surface area contributed by atoms with Crippen molar-refractivity contribution in [3.8, 4) is 5.75 Å². The highest BCUT2D eigenvalue weighted by Gasteiger charge is 2.26. The van der Waals surface area contributed by atoms with Gasteiger partial charge in [-0.05, 0) is 25.3 Å². The van der Waals surface area contributed by atoms with Crippen molar-refractivity contribution in [2.75, 3.05) is 6.61 Å². The third-order valence-electron chi connectivity index (χ3n) is 3.36. The monoisotopic (exact) mass is 220 g/mol. The van der Waals surface area contributed by atoms with Crippen LogP contribution in [0.5, 0.6) is 5.75 Å². The molecule has 0 spiro atoms. The Balaban J connectivity index is 2.22. The predicted octanol–water partition coefficient (Wildman–Crippen LogP) is 2.89. The van der Waals surface area contributed by atoms with Gasteiger partial charge in [0, 0.05) is 11.0 Å². The van der Waals surface area contributed by atoms with E-state index in [9.17, 15) is 5.11 Å². The van der Waals surface area contributed by atoms with Crippen LogP contribution in [0.4, 0.5) is 0 Å². The Labute approximate surface area is 97.3 Å². The lowest BCUT2D eigenvalue weighted by Gasteiger charge is -2.31. The number of para-hydroxylation sites is 1. The van der Waals surface area contributed by atoms with Gasteiger partial charge in [-0.25, -0.2) is 0 Å². The first-order valence-electron chi connectivity index (χ1n) is 6.00. The van der Waals surface area contributed by atoms with Gasteiger partial charge in [0.05, 0.1) is 12.7 Å². The fraction of sp³-hybridized carbons (Fsp3) is 0.571. The van der Waals surface area contributed by atoms with E-state index in [1.165, 1.54) is 6.42 Å². The number of aliphatic hydroxyl groups excluding tert-OH is 1. The van der Waals surface area contributed by atoms with Gasteiger partial charge in [-0.2, -0.15) is 0 Å². The summed E-state index contributed by atoms with van der Waals surface area (Å²) >= 11 is 0. The highest BCUT2D eigenvalue weighted by Crippen LogP contribution is 2.34. The zero-order chi connectivity index (χ0) is 11.6. The Hall–Kier alpha value is -1.02. The van der Waals surface area contributed by atoms with Crippen molar-refractivity contribution in [2.45, 2.75) is 44.6 Å². The van der Waals surface area contributed by atoms with Gasteiger partial charge in [0.15, 0.2) is 0 Å². The summed E-state index contributed by atoms with van der Waals surface area (Å²) in [6, 6.07) is 8.04. The molecule has 0 heterocycles. The molecule has 0 bridgehead atoms. The van der Waals surface area contributed by atoms with Gasteiger partial charge < -0.3 is 9.84 Å². The van der Waals surface area contributed by atoms with Crippen molar-refractivity contribution in [1.29, 1.82) is 0 Å². The van der Waals surface area contributed by atoms with Crippen molar-refractivity contribution in [3.63, 3.8) is 0 Å². The molecule has 1 N–H and O–H groups in total. The van der Waals surface area contributed by atoms with E-state index in [-0.39, 0.29) is 12.0 Å². The van der Waals surface area contributed by atoms with Crippen molar-refractivity contribution in [3.05, 3.63) is 29.8 Å². The summed E-state index contributed by atoms with van der Waals surface area (Å²) in [7, 11) is 0. The molecule has 0 aliphatic heterocycles. The van der Waals surface area contributed by atoms with Gasteiger partial charge in [0.1, 0.15) is 5.75 Å². The first kappa shape index (κ1) is 11.5. The lowest BCUT2D eigenvalue weighted by molar-refractivity contribution is 0.115. The molecule has 16 heavy (non-hydrogen) atoms. The smallest absolute Gasteiger partial charge is 0.123 e. The average Bonchev–Trinajstić information content (AvgIpc) is 2.24. The second-order valence-electron chi connectivity index (χ2n) is 5.21. The van der Waals surface area contributed by atoms with Crippen LogP contribution in [0.2, 0.25) is 0 Å². The Kier molecular flexibility index (Phi) is 3.20. The first-order chi connectivity index (χ1) is 7.63. The average molecular weight is 220 g/mol. The lowest BCUT2D eigenvalue weighted by atomic mass is 9.85. The van der Waals surface area contributed by atoms with Crippen LogP contribution in [-0.4, -0.2) is 17.8 Å². The fourth-order valence-electron chi connectivity index (χ4n) is 1.88. The molecule has 0 unspecified atom stereocenters. The number of hydrogen-bond acceptors (Lipinski definition) is 2. The molecule has 1 fully saturated rings. The molecule has 0 radical (unpaired) electrons. The number of ether oxygens (including phenoxy) is 1. The number of hydrogen-bond donors (Lipinski definition) is 1. The topological polar surface area (TPSA) is 29.5 Å². The highest BCUT2D eigenvalue weighted by molar-refractivity contribution is 5.39. The van der Waals surface area contributed by atoms with Gasteiger partial charge in [0.2, 0.25) is 0 Å². The van der Waals surface area contributed by atoms with Crippen molar-refractivity contribution in [1.82, 2.24) is 0 Å². The third kappa shape index (κ3) is 2.22. The SMILES string of the molecule is CC(C)(CO)c1ccccc1OC1CCC1. The molecule has 1 aromatic rings. The normalized spacial score (nSPS) is 16.9. The summed E-state index contributed by atoms with van der Waals surface area (Å²) in [6.45, 7) is 4.21. The molecule has 88 valence electrons. The maximum atomic E-state index is 9.42. The molecule has 1 saturated carbocycles. The number of rotatable bonds is 4. The Bertz CT molecular complexity index is 354. The van der Waals surface area contributed by atoms with E-state index in [0.717, 1.165) is 24.2 Å². The summed E-state index contributed by atoms with van der Waals surface area (Å²) in [4.78, 5) is 0. The van der Waals surface area contributed by atoms with Gasteiger partial charge >= 0.3 is 0 Å². The summed E-state index contributed by atoms with van der Waals surface area (Å²) in [5, 5.41) is 9.42. The van der Waals surface area contributed by atoms with Gasteiger partial charge in [0.25, 0.3) is 0 Å². The number of benzene rings is 1. The molecule has 1 aromatic carbocycles. The van der Waals surface area contributed by atoms with Crippen LogP contribution < -0.4 is 4.74 Å². The number of aliphatic hydroxyl groups is 1. The predicted molar refractivity (Wildman–Crippen MR) is 64.8 cm³/mol. The summed E-state index contributed by atoms with van der Waals surface area (Å²) in [5.74, 6) is 0.936. The summed E-state index contributed by atoms with van der Waals surface area (Å²) in [6.07, 6.45) is 3.98. The minimum Gasteiger partial charge on any atom is -0.490 e. The van der Waals surface area contributed by atoms with E-state index in [0.29, 0.717) is 6.10 Å². The van der Waals surface area contributed by atoms with E-state index >= 15 is 0 Å². The zero-order valence-electron chi connectivity index (χ0n) is 10.1. The van der Waals surface area contributed by atoms with E-state index in [2.05, 4.69) is 0 Å². The maximum Gasteiger partial charge on any atom is 0.123 e. The quantitative estimate of drug-likeness (QED) is 0.845. The van der Waals surface area contributed by atoms with Crippen molar-refractivity contribution < 1.29 is 9.84 Å². The third-order valence-corrected chi connectivity index (χ3v) is 3.36. The molecule has 2 rings (SSSR count). The van der Waals surface area contributed by atoms with E-state index in [1.807, 2.05) is 38.1 Å². The van der Waals surface area contributed by atoms with Crippen LogP contribution in [0.3, 0.4) is 0 Å². The molecule has 1 aliphatic carbocycles. The summed E-state index contributed by atoms with van der Waals surface area (Å²) < 4.78 is 5.96. The van der Waals surface area contributed by atoms with Crippen molar-refractivity contribution >= 4 is 0 Å². The van der Waals surface area contributed by atoms with Crippen LogP contribution in [-0.2, 0) is 5.41 Å². The van der Waals surface area contributed by atoms with E-state index in [4.69, 9.17) is 4.74 Å². The van der Waals surface area contributed by atoms with Crippen molar-refractivity contribution in [2.24, 2.45) is 0 Å². The van der Waals surface area contributed by atoms with Crippen LogP contribution in [0.25, 0.3) is 0 Å². The highest BCUT2D eigenvalue weighted by atomic mass is 16.5. The minimum atomic E-state index is -0.236. The van der Waals surface area contributed by atoms with Gasteiger partial charge in [-0.1, -0.05) is 32.0 Å². The van der Waals surface area contributed by atoms with Crippen LogP contribution in [0, 0.1) is 0 Å². The standard InChI is InChI=1S/C14H20O2/c1-14(2,10-15)12-8-3-4-9-13(12)16-11-6-5-7-11/h3-4,8-9,11,15H,5-7,10H2,1-2H3. The zero-order valence-corrected chi connectivity index (χ0v) is 10.1. The summed E-state index contributed by atoms with van der Waals surface area (Å²) in [5.41, 5.74) is 0.866. The second-order valence-corrected chi connectivity index (χ2v) is 5.21. The minimum absolute atomic E-state index is 0.137. The van der Waals surface area contributed by atoms with E-state index in [1.54, 1.807) is 0 Å². The molecular formula is C14H20O2. The first-order valence-corrected chi connectivity index (χ1v) is 6.00. The molecule has 0 aromatic heterocycles. The molecule has 1 aliphatic rings. The molecule has 0 atom stereocenters. The second kappa shape index (κ2) is 4.46. The molecular weight excluding hydrogens is 200 g/mol. The van der Waals surface area contributed by atoms with Gasteiger partial charge in [-0.3, -0.25) is 0 Å². The largest absolute Gasteiger partial charge is 0.490 e. The Morgan fingerprint density at radius 2 is 2.00 bits per heavy atom. The fourth-order valence-corrected chi connectivity index (χ4v) is 1.88. The molecule has 0 saturated heterocycles. The Morgan fingerprint density at radius 1 is 1.31 bits per heavy atom.